The number of aryl methyl sites for hydroxylation is 1. The predicted molar refractivity (Wildman–Crippen MR) is 71.2 cm³/mol. The average Bonchev–Trinajstić information content (AvgIpc) is 2.75. The Bertz CT molecular complexity index is 552. The first kappa shape index (κ1) is 13.2. The minimum absolute atomic E-state index is 0.171. The molecular formula is C15H19NO4. The lowest BCUT2D eigenvalue weighted by atomic mass is 10.1. The van der Waals surface area contributed by atoms with Gasteiger partial charge in [-0.15, -0.1) is 0 Å². The number of furan rings is 1. The molecule has 5 nitrogen and oxygen atoms in total. The van der Waals surface area contributed by atoms with E-state index in [4.69, 9.17) is 9.52 Å². The lowest BCUT2D eigenvalue weighted by Gasteiger charge is -2.16. The summed E-state index contributed by atoms with van der Waals surface area (Å²) in [6, 6.07) is 1.51. The third-order valence-electron chi connectivity index (χ3n) is 4.66. The van der Waals surface area contributed by atoms with Crippen molar-refractivity contribution in [2.24, 2.45) is 17.8 Å². The first-order valence-corrected chi connectivity index (χ1v) is 7.06. The fraction of sp³-hybridized carbons (Fsp3) is 0.600. The van der Waals surface area contributed by atoms with Crippen molar-refractivity contribution in [2.75, 3.05) is 7.05 Å². The van der Waals surface area contributed by atoms with Crippen LogP contribution < -0.4 is 0 Å². The van der Waals surface area contributed by atoms with Crippen molar-refractivity contribution in [3.63, 3.8) is 0 Å². The minimum atomic E-state index is -0.997. The third kappa shape index (κ3) is 2.11. The van der Waals surface area contributed by atoms with E-state index in [0.717, 1.165) is 0 Å². The van der Waals surface area contributed by atoms with Gasteiger partial charge in [0, 0.05) is 13.0 Å². The molecule has 0 aromatic carbocycles. The maximum Gasteiger partial charge on any atom is 0.339 e. The second kappa shape index (κ2) is 4.65. The predicted octanol–water partition coefficient (Wildman–Crippen LogP) is 2.29. The van der Waals surface area contributed by atoms with Crippen molar-refractivity contribution < 1.29 is 19.1 Å². The van der Waals surface area contributed by atoms with E-state index in [1.807, 2.05) is 0 Å². The molecule has 1 aromatic heterocycles. The quantitative estimate of drug-likeness (QED) is 0.916. The van der Waals surface area contributed by atoms with Crippen molar-refractivity contribution in [2.45, 2.75) is 32.7 Å². The Morgan fingerprint density at radius 2 is 2.05 bits per heavy atom. The summed E-state index contributed by atoms with van der Waals surface area (Å²) in [4.78, 5) is 24.9. The second-order valence-corrected chi connectivity index (χ2v) is 5.97. The van der Waals surface area contributed by atoms with Gasteiger partial charge in [0.05, 0.1) is 6.54 Å². The van der Waals surface area contributed by atoms with Crippen LogP contribution >= 0.6 is 0 Å². The lowest BCUT2D eigenvalue weighted by molar-refractivity contribution is -0.132. The van der Waals surface area contributed by atoms with Gasteiger partial charge in [-0.3, -0.25) is 4.79 Å². The highest BCUT2D eigenvalue weighted by atomic mass is 16.4. The highest BCUT2D eigenvalue weighted by Crippen LogP contribution is 2.58. The topological polar surface area (TPSA) is 70.8 Å². The molecule has 1 amide bonds. The zero-order chi connectivity index (χ0) is 14.4. The Morgan fingerprint density at radius 1 is 1.40 bits per heavy atom. The Labute approximate surface area is 117 Å². The maximum atomic E-state index is 12.3. The maximum absolute atomic E-state index is 12.3. The number of hydrogen-bond acceptors (Lipinski definition) is 3. The van der Waals surface area contributed by atoms with Crippen molar-refractivity contribution in [1.82, 2.24) is 4.90 Å². The molecule has 0 spiro atoms. The molecule has 2 fully saturated rings. The van der Waals surface area contributed by atoms with Crippen LogP contribution in [0.4, 0.5) is 0 Å². The van der Waals surface area contributed by atoms with E-state index in [1.165, 1.54) is 25.3 Å². The highest BCUT2D eigenvalue weighted by Gasteiger charge is 2.57. The largest absolute Gasteiger partial charge is 0.478 e. The number of carboxylic acid groups (broad SMARTS) is 1. The smallest absolute Gasteiger partial charge is 0.339 e. The zero-order valence-electron chi connectivity index (χ0n) is 11.8. The van der Waals surface area contributed by atoms with Gasteiger partial charge >= 0.3 is 5.97 Å². The summed E-state index contributed by atoms with van der Waals surface area (Å²) in [6.07, 6.45) is 3.61. The standard InChI is InChI=1S/C15H19NO4/c1-8-12(15(18)19)6-9(20-8)7-16(2)14(17)13-10-4-3-5-11(10)13/h6,10-11,13H,3-5,7H2,1-2H3,(H,18,19). The first-order chi connectivity index (χ1) is 9.49. The van der Waals surface area contributed by atoms with Crippen LogP contribution in [0.25, 0.3) is 0 Å². The molecule has 1 aromatic rings. The lowest BCUT2D eigenvalue weighted by Crippen LogP contribution is -2.28. The Balaban J connectivity index is 1.64. The van der Waals surface area contributed by atoms with Crippen LogP contribution in [-0.2, 0) is 11.3 Å². The van der Waals surface area contributed by atoms with Gasteiger partial charge in [-0.1, -0.05) is 6.42 Å². The summed E-state index contributed by atoms with van der Waals surface area (Å²) in [5, 5.41) is 8.99. The number of nitrogens with zero attached hydrogens (tertiary/aromatic N) is 1. The van der Waals surface area contributed by atoms with Gasteiger partial charge in [0.15, 0.2) is 0 Å². The number of aromatic carboxylic acids is 1. The van der Waals surface area contributed by atoms with Crippen LogP contribution in [0.2, 0.25) is 0 Å². The monoisotopic (exact) mass is 277 g/mol. The number of amides is 1. The fourth-order valence-electron chi connectivity index (χ4n) is 3.59. The molecule has 1 heterocycles. The molecule has 5 heteroatoms. The molecule has 2 aliphatic carbocycles. The number of rotatable bonds is 4. The Hall–Kier alpha value is -1.78. The fourth-order valence-corrected chi connectivity index (χ4v) is 3.59. The molecule has 1 N–H and O–H groups in total. The molecule has 2 aliphatic rings. The summed E-state index contributed by atoms with van der Waals surface area (Å²) in [5.41, 5.74) is 0.171. The van der Waals surface area contributed by atoms with Gasteiger partial charge in [-0.2, -0.15) is 0 Å². The normalized spacial score (nSPS) is 27.2. The summed E-state index contributed by atoms with van der Waals surface area (Å²) < 4.78 is 5.42. The molecule has 2 atom stereocenters. The number of carbonyl (C=O) groups is 2. The minimum Gasteiger partial charge on any atom is -0.478 e. The van der Waals surface area contributed by atoms with Crippen LogP contribution in [0.15, 0.2) is 10.5 Å². The second-order valence-electron chi connectivity index (χ2n) is 5.97. The molecule has 3 rings (SSSR count). The number of fused-ring (bicyclic) bond motifs is 1. The van der Waals surface area contributed by atoms with Gasteiger partial charge in [0.2, 0.25) is 5.91 Å². The molecule has 2 unspecified atom stereocenters. The van der Waals surface area contributed by atoms with Crippen molar-refractivity contribution in [3.05, 3.63) is 23.2 Å². The van der Waals surface area contributed by atoms with Gasteiger partial charge in [0.25, 0.3) is 0 Å². The van der Waals surface area contributed by atoms with E-state index in [-0.39, 0.29) is 17.4 Å². The van der Waals surface area contributed by atoms with E-state index >= 15 is 0 Å². The third-order valence-corrected chi connectivity index (χ3v) is 4.66. The zero-order valence-corrected chi connectivity index (χ0v) is 11.8. The van der Waals surface area contributed by atoms with Crippen LogP contribution in [0.5, 0.6) is 0 Å². The van der Waals surface area contributed by atoms with E-state index < -0.39 is 5.97 Å². The molecule has 2 saturated carbocycles. The molecule has 108 valence electrons. The SMILES string of the molecule is Cc1oc(CN(C)C(=O)C2C3CCCC32)cc1C(=O)O. The van der Waals surface area contributed by atoms with Crippen molar-refractivity contribution in [1.29, 1.82) is 0 Å². The van der Waals surface area contributed by atoms with Crippen LogP contribution in [0.3, 0.4) is 0 Å². The molecule has 0 bridgehead atoms. The van der Waals surface area contributed by atoms with E-state index in [9.17, 15) is 9.59 Å². The molecule has 20 heavy (non-hydrogen) atoms. The average molecular weight is 277 g/mol. The number of carboxylic acids is 1. The molecule has 0 saturated heterocycles. The van der Waals surface area contributed by atoms with E-state index in [0.29, 0.717) is 29.9 Å². The van der Waals surface area contributed by atoms with Gasteiger partial charge in [0.1, 0.15) is 17.1 Å². The Morgan fingerprint density at radius 3 is 2.60 bits per heavy atom. The van der Waals surface area contributed by atoms with Crippen LogP contribution in [0, 0.1) is 24.7 Å². The summed E-state index contributed by atoms with van der Waals surface area (Å²) in [5.74, 6) is 1.48. The summed E-state index contributed by atoms with van der Waals surface area (Å²) in [6.45, 7) is 1.96. The summed E-state index contributed by atoms with van der Waals surface area (Å²) >= 11 is 0. The van der Waals surface area contributed by atoms with Crippen molar-refractivity contribution in [3.8, 4) is 0 Å². The number of hydrogen-bond donors (Lipinski definition) is 1. The molecule has 0 radical (unpaired) electrons. The highest BCUT2D eigenvalue weighted by molar-refractivity contribution is 5.88. The first-order valence-electron chi connectivity index (χ1n) is 7.06. The van der Waals surface area contributed by atoms with Crippen LogP contribution in [-0.4, -0.2) is 28.9 Å². The van der Waals surface area contributed by atoms with Crippen molar-refractivity contribution >= 4 is 11.9 Å². The summed E-state index contributed by atoms with van der Waals surface area (Å²) in [7, 11) is 1.76. The van der Waals surface area contributed by atoms with Gasteiger partial charge in [-0.05, 0) is 37.7 Å². The van der Waals surface area contributed by atoms with Crippen LogP contribution in [0.1, 0.15) is 41.1 Å². The van der Waals surface area contributed by atoms with E-state index in [2.05, 4.69) is 0 Å². The number of carbonyl (C=O) groups excluding carboxylic acids is 1. The molecule has 0 aliphatic heterocycles. The molecular weight excluding hydrogens is 258 g/mol. The van der Waals surface area contributed by atoms with Gasteiger partial charge in [-0.25, -0.2) is 4.79 Å². The Kier molecular flexibility index (Phi) is 3.07. The van der Waals surface area contributed by atoms with Gasteiger partial charge < -0.3 is 14.4 Å². The van der Waals surface area contributed by atoms with E-state index in [1.54, 1.807) is 18.9 Å².